The Kier molecular flexibility index (Phi) is 4.02. The zero-order valence-corrected chi connectivity index (χ0v) is 10.7. The average Bonchev–Trinajstić information content (AvgIpc) is 2.68. The van der Waals surface area contributed by atoms with Crippen LogP contribution in [0.5, 0.6) is 0 Å². The summed E-state index contributed by atoms with van der Waals surface area (Å²) in [6.45, 7) is 3.75. The second kappa shape index (κ2) is 5.52. The standard InChI is InChI=1S/C13H17ClN2O/c1-2-7-15-12-6-8-16(13(12)17)11-5-3-4-10(14)9-11/h3-5,9,12,15H,2,6-8H2,1H3. The summed E-state index contributed by atoms with van der Waals surface area (Å²) in [6, 6.07) is 7.41. The molecule has 0 aromatic heterocycles. The van der Waals surface area contributed by atoms with Gasteiger partial charge in [-0.05, 0) is 37.6 Å². The lowest BCUT2D eigenvalue weighted by Crippen LogP contribution is -2.38. The number of carbonyl (C=O) groups excluding carboxylic acids is 1. The number of amides is 1. The normalized spacial score (nSPS) is 20.0. The van der Waals surface area contributed by atoms with Gasteiger partial charge in [0.15, 0.2) is 0 Å². The first-order chi connectivity index (χ1) is 8.22. The Labute approximate surface area is 107 Å². The lowest BCUT2D eigenvalue weighted by atomic mass is 10.2. The number of carbonyl (C=O) groups is 1. The second-order valence-corrected chi connectivity index (χ2v) is 4.70. The van der Waals surface area contributed by atoms with Crippen molar-refractivity contribution in [3.05, 3.63) is 29.3 Å². The Morgan fingerprint density at radius 1 is 1.53 bits per heavy atom. The highest BCUT2D eigenvalue weighted by molar-refractivity contribution is 6.30. The van der Waals surface area contributed by atoms with Crippen LogP contribution in [0.3, 0.4) is 0 Å². The third kappa shape index (κ3) is 2.79. The van der Waals surface area contributed by atoms with Gasteiger partial charge < -0.3 is 10.2 Å². The molecule has 1 fully saturated rings. The molecule has 0 saturated carbocycles. The minimum atomic E-state index is -0.0334. The van der Waals surface area contributed by atoms with Crippen LogP contribution in [0.15, 0.2) is 24.3 Å². The summed E-state index contributed by atoms with van der Waals surface area (Å²) in [7, 11) is 0. The highest BCUT2D eigenvalue weighted by atomic mass is 35.5. The third-order valence-corrected chi connectivity index (χ3v) is 3.20. The van der Waals surface area contributed by atoms with Crippen molar-refractivity contribution < 1.29 is 4.79 Å². The van der Waals surface area contributed by atoms with Crippen molar-refractivity contribution in [2.24, 2.45) is 0 Å². The molecule has 1 aromatic rings. The molecule has 1 aromatic carbocycles. The number of hydrogen-bond acceptors (Lipinski definition) is 2. The highest BCUT2D eigenvalue weighted by Crippen LogP contribution is 2.24. The first-order valence-electron chi connectivity index (χ1n) is 6.02. The van der Waals surface area contributed by atoms with Crippen molar-refractivity contribution in [1.29, 1.82) is 0 Å². The van der Waals surface area contributed by atoms with Crippen molar-refractivity contribution >= 4 is 23.2 Å². The van der Waals surface area contributed by atoms with Gasteiger partial charge in [-0.15, -0.1) is 0 Å². The third-order valence-electron chi connectivity index (χ3n) is 2.97. The van der Waals surface area contributed by atoms with E-state index in [-0.39, 0.29) is 11.9 Å². The van der Waals surface area contributed by atoms with Gasteiger partial charge in [0.05, 0.1) is 6.04 Å². The van der Waals surface area contributed by atoms with Gasteiger partial charge in [-0.1, -0.05) is 24.6 Å². The van der Waals surface area contributed by atoms with E-state index in [0.29, 0.717) is 5.02 Å². The smallest absolute Gasteiger partial charge is 0.244 e. The van der Waals surface area contributed by atoms with E-state index in [1.54, 1.807) is 4.90 Å². The van der Waals surface area contributed by atoms with Crippen LogP contribution in [-0.4, -0.2) is 25.0 Å². The van der Waals surface area contributed by atoms with Crippen LogP contribution in [0.1, 0.15) is 19.8 Å². The summed E-state index contributed by atoms with van der Waals surface area (Å²) in [5.41, 5.74) is 0.892. The Bertz CT molecular complexity index is 408. The summed E-state index contributed by atoms with van der Waals surface area (Å²) in [4.78, 5) is 13.9. The molecule has 17 heavy (non-hydrogen) atoms. The van der Waals surface area contributed by atoms with Crippen molar-refractivity contribution in [3.8, 4) is 0 Å². The first-order valence-corrected chi connectivity index (χ1v) is 6.40. The lowest BCUT2D eigenvalue weighted by Gasteiger charge is -2.17. The molecular formula is C13H17ClN2O. The van der Waals surface area contributed by atoms with Crippen LogP contribution in [0.2, 0.25) is 5.02 Å². The second-order valence-electron chi connectivity index (χ2n) is 4.27. The van der Waals surface area contributed by atoms with Crippen LogP contribution < -0.4 is 10.2 Å². The molecule has 92 valence electrons. The first kappa shape index (κ1) is 12.4. The predicted molar refractivity (Wildman–Crippen MR) is 70.5 cm³/mol. The van der Waals surface area contributed by atoms with E-state index < -0.39 is 0 Å². The van der Waals surface area contributed by atoms with Gasteiger partial charge in [-0.25, -0.2) is 0 Å². The Hall–Kier alpha value is -1.06. The summed E-state index contributed by atoms with van der Waals surface area (Å²) in [5.74, 6) is 0.153. The molecule has 1 saturated heterocycles. The van der Waals surface area contributed by atoms with Gasteiger partial charge in [0.1, 0.15) is 0 Å². The van der Waals surface area contributed by atoms with E-state index in [1.807, 2.05) is 24.3 Å². The van der Waals surface area contributed by atoms with E-state index in [4.69, 9.17) is 11.6 Å². The number of benzene rings is 1. The van der Waals surface area contributed by atoms with Gasteiger partial charge in [0.2, 0.25) is 5.91 Å². The van der Waals surface area contributed by atoms with E-state index in [1.165, 1.54) is 0 Å². The van der Waals surface area contributed by atoms with Gasteiger partial charge >= 0.3 is 0 Å². The zero-order valence-electron chi connectivity index (χ0n) is 9.95. The minimum absolute atomic E-state index is 0.0334. The molecule has 1 aliphatic rings. The molecule has 1 aliphatic heterocycles. The molecule has 1 atom stereocenters. The molecule has 0 aliphatic carbocycles. The van der Waals surface area contributed by atoms with Crippen LogP contribution >= 0.6 is 11.6 Å². The van der Waals surface area contributed by atoms with Gasteiger partial charge in [0.25, 0.3) is 0 Å². The molecule has 4 heteroatoms. The number of hydrogen-bond donors (Lipinski definition) is 1. The Morgan fingerprint density at radius 2 is 2.35 bits per heavy atom. The molecule has 1 N–H and O–H groups in total. The lowest BCUT2D eigenvalue weighted by molar-refractivity contribution is -0.118. The molecular weight excluding hydrogens is 236 g/mol. The molecule has 0 radical (unpaired) electrons. The molecule has 1 unspecified atom stereocenters. The fraction of sp³-hybridized carbons (Fsp3) is 0.462. The van der Waals surface area contributed by atoms with E-state index in [2.05, 4.69) is 12.2 Å². The summed E-state index contributed by atoms with van der Waals surface area (Å²) in [6.07, 6.45) is 1.91. The zero-order chi connectivity index (χ0) is 12.3. The van der Waals surface area contributed by atoms with Crippen molar-refractivity contribution in [3.63, 3.8) is 0 Å². The van der Waals surface area contributed by atoms with Crippen molar-refractivity contribution in [2.45, 2.75) is 25.8 Å². The summed E-state index contributed by atoms with van der Waals surface area (Å²) >= 11 is 5.94. The molecule has 1 heterocycles. The molecule has 0 spiro atoms. The average molecular weight is 253 g/mol. The van der Waals surface area contributed by atoms with E-state index in [9.17, 15) is 4.79 Å². The predicted octanol–water partition coefficient (Wildman–Crippen LogP) is 2.44. The Balaban J connectivity index is 2.07. The fourth-order valence-corrected chi connectivity index (χ4v) is 2.27. The quantitative estimate of drug-likeness (QED) is 0.893. The summed E-state index contributed by atoms with van der Waals surface area (Å²) in [5, 5.41) is 3.94. The highest BCUT2D eigenvalue weighted by Gasteiger charge is 2.31. The number of nitrogens with zero attached hydrogens (tertiary/aromatic N) is 1. The van der Waals surface area contributed by atoms with Crippen LogP contribution in [0.4, 0.5) is 5.69 Å². The maximum Gasteiger partial charge on any atom is 0.244 e. The van der Waals surface area contributed by atoms with E-state index in [0.717, 1.165) is 31.6 Å². The van der Waals surface area contributed by atoms with Gasteiger partial charge in [-0.3, -0.25) is 4.79 Å². The van der Waals surface area contributed by atoms with Gasteiger partial charge in [-0.2, -0.15) is 0 Å². The van der Waals surface area contributed by atoms with Gasteiger partial charge in [0, 0.05) is 17.3 Å². The van der Waals surface area contributed by atoms with Crippen molar-refractivity contribution in [1.82, 2.24) is 5.32 Å². The van der Waals surface area contributed by atoms with Crippen LogP contribution in [-0.2, 0) is 4.79 Å². The molecule has 3 nitrogen and oxygen atoms in total. The minimum Gasteiger partial charge on any atom is -0.311 e. The largest absolute Gasteiger partial charge is 0.311 e. The number of rotatable bonds is 4. The Morgan fingerprint density at radius 3 is 3.06 bits per heavy atom. The molecule has 2 rings (SSSR count). The summed E-state index contributed by atoms with van der Waals surface area (Å²) < 4.78 is 0. The fourth-order valence-electron chi connectivity index (χ4n) is 2.09. The van der Waals surface area contributed by atoms with Crippen molar-refractivity contribution in [2.75, 3.05) is 18.0 Å². The maximum atomic E-state index is 12.1. The number of halogens is 1. The van der Waals surface area contributed by atoms with Crippen LogP contribution in [0, 0.1) is 0 Å². The monoisotopic (exact) mass is 252 g/mol. The maximum absolute atomic E-state index is 12.1. The number of nitrogens with one attached hydrogen (secondary N) is 1. The molecule has 0 bridgehead atoms. The van der Waals surface area contributed by atoms with E-state index >= 15 is 0 Å². The van der Waals surface area contributed by atoms with Crippen LogP contribution in [0.25, 0.3) is 0 Å². The molecule has 1 amide bonds. The number of anilines is 1. The topological polar surface area (TPSA) is 32.3 Å². The SMILES string of the molecule is CCCNC1CCN(c2cccc(Cl)c2)C1=O.